The molecule has 100 valence electrons. The van der Waals surface area contributed by atoms with E-state index >= 15 is 0 Å². The fraction of sp³-hybridized carbons (Fsp3) is 0.250. The zero-order valence-electron chi connectivity index (χ0n) is 11.2. The monoisotopic (exact) mass is 269 g/mol. The van der Waals surface area contributed by atoms with Crippen LogP contribution < -0.4 is 4.74 Å². The molecule has 0 atom stereocenters. The molecule has 0 saturated carbocycles. The summed E-state index contributed by atoms with van der Waals surface area (Å²) >= 11 is 0. The van der Waals surface area contributed by atoms with Crippen LogP contribution in [0.25, 0.3) is 0 Å². The zero-order valence-corrected chi connectivity index (χ0v) is 11.2. The molecule has 0 aliphatic rings. The average Bonchev–Trinajstić information content (AvgIpc) is 2.97. The molecule has 0 saturated heterocycles. The van der Waals surface area contributed by atoms with Crippen LogP contribution in [0, 0.1) is 30.3 Å². The summed E-state index contributed by atoms with van der Waals surface area (Å²) in [5, 5.41) is 27.6. The highest BCUT2D eigenvalue weighted by atomic mass is 16.5. The molecule has 8 nitrogen and oxygen atoms in total. The Morgan fingerprint density at radius 3 is 2.95 bits per heavy atom. The second kappa shape index (κ2) is 5.67. The lowest BCUT2D eigenvalue weighted by molar-refractivity contribution is 0.496. The lowest BCUT2D eigenvalue weighted by Crippen LogP contribution is -1.84. The van der Waals surface area contributed by atoms with Crippen LogP contribution in [-0.4, -0.2) is 20.0 Å². The Bertz CT molecular complexity index is 751. The number of ether oxygens (including phenoxy) is 1. The Morgan fingerprint density at radius 2 is 2.25 bits per heavy atom. The first-order valence-electron chi connectivity index (χ1n) is 5.64. The van der Waals surface area contributed by atoms with Crippen LogP contribution in [0.1, 0.15) is 18.2 Å². The average molecular weight is 269 g/mol. The van der Waals surface area contributed by atoms with Gasteiger partial charge in [-0.15, -0.1) is 20.4 Å². The normalized spacial score (nSPS) is 10.1. The van der Waals surface area contributed by atoms with Crippen molar-refractivity contribution in [1.82, 2.24) is 20.0 Å². The number of hydrogen-bond acceptors (Lipinski definition) is 6. The molecule has 1 N–H and O–H groups in total. The number of azo groups is 1. The molecule has 0 unspecified atom stereocenters. The van der Waals surface area contributed by atoms with Gasteiger partial charge in [-0.2, -0.15) is 5.26 Å². The Hall–Kier alpha value is -3.13. The van der Waals surface area contributed by atoms with Crippen molar-refractivity contribution in [1.29, 1.82) is 5.26 Å². The smallest absolute Gasteiger partial charge is 0.276 e. The van der Waals surface area contributed by atoms with Gasteiger partial charge in [0.25, 0.3) is 5.88 Å². The van der Waals surface area contributed by atoms with Gasteiger partial charge in [-0.3, -0.25) is 9.78 Å². The third kappa shape index (κ3) is 2.65. The predicted octanol–water partition coefficient (Wildman–Crippen LogP) is 2.10. The van der Waals surface area contributed by atoms with Gasteiger partial charge in [-0.05, 0) is 6.92 Å². The molecule has 0 aliphatic heterocycles. The molecule has 0 aliphatic carbocycles. The maximum atomic E-state index is 8.95. The van der Waals surface area contributed by atoms with Crippen molar-refractivity contribution in [3.63, 3.8) is 0 Å². The number of H-pyrrole nitrogens is 1. The molecule has 0 aromatic carbocycles. The van der Waals surface area contributed by atoms with E-state index in [0.717, 1.165) is 0 Å². The van der Waals surface area contributed by atoms with Crippen LogP contribution >= 0.6 is 0 Å². The zero-order chi connectivity index (χ0) is 14.5. The summed E-state index contributed by atoms with van der Waals surface area (Å²) in [7, 11) is 1.70. The van der Waals surface area contributed by atoms with Gasteiger partial charge in [0.05, 0.1) is 5.69 Å². The second-order valence-electron chi connectivity index (χ2n) is 3.81. The number of hydrogen-bond donors (Lipinski definition) is 1. The molecule has 0 radical (unpaired) electrons. The predicted molar refractivity (Wildman–Crippen MR) is 69.5 cm³/mol. The summed E-state index contributed by atoms with van der Waals surface area (Å²) in [5.41, 5.74) is 1.44. The number of nitrogens with one attached hydrogen (secondary N) is 1. The van der Waals surface area contributed by atoms with Crippen molar-refractivity contribution in [2.75, 3.05) is 0 Å². The summed E-state index contributed by atoms with van der Waals surface area (Å²) < 4.78 is 6.60. The van der Waals surface area contributed by atoms with Crippen LogP contribution in [-0.2, 0) is 7.05 Å². The van der Waals surface area contributed by atoms with Gasteiger partial charge in [0.2, 0.25) is 5.82 Å². The highest BCUT2D eigenvalue weighted by Crippen LogP contribution is 2.30. The van der Waals surface area contributed by atoms with Crippen molar-refractivity contribution < 1.29 is 4.74 Å². The molecule has 0 fully saturated rings. The maximum absolute atomic E-state index is 8.95. The van der Waals surface area contributed by atoms with E-state index in [4.69, 9.17) is 10.00 Å². The van der Waals surface area contributed by atoms with Crippen LogP contribution in [0.4, 0.5) is 11.5 Å². The van der Waals surface area contributed by atoms with E-state index in [1.54, 1.807) is 27.1 Å². The van der Waals surface area contributed by atoms with Gasteiger partial charge in [-0.25, -0.2) is 0 Å². The minimum Gasteiger partial charge on any atom is -0.384 e. The standard InChI is InChI=1S/C12H11N7O/c1-4-5-20-12-10(8(2)14-17-12)15-16-11-9(6-13)7-19(3)18-11/h7H,1-3H3,(H,14,17). The number of aryl methyl sites for hydroxylation is 2. The van der Waals surface area contributed by atoms with Crippen LogP contribution in [0.3, 0.4) is 0 Å². The first-order chi connectivity index (χ1) is 9.65. The molecule has 8 heteroatoms. The summed E-state index contributed by atoms with van der Waals surface area (Å²) in [6.45, 7) is 3.42. The van der Waals surface area contributed by atoms with Crippen molar-refractivity contribution in [3.8, 4) is 24.0 Å². The fourth-order valence-electron chi connectivity index (χ4n) is 1.42. The number of aromatic nitrogens is 4. The lowest BCUT2D eigenvalue weighted by Gasteiger charge is -1.92. The second-order valence-corrected chi connectivity index (χ2v) is 3.81. The summed E-state index contributed by atoms with van der Waals surface area (Å²) in [5.74, 6) is 3.06. The maximum Gasteiger partial charge on any atom is 0.276 e. The van der Waals surface area contributed by atoms with E-state index in [9.17, 15) is 0 Å². The minimum absolute atomic E-state index is 0.232. The molecule has 0 amide bonds. The largest absolute Gasteiger partial charge is 0.384 e. The van der Waals surface area contributed by atoms with Gasteiger partial charge in [-0.1, -0.05) is 5.92 Å². The van der Waals surface area contributed by atoms with E-state index in [0.29, 0.717) is 16.9 Å². The van der Waals surface area contributed by atoms with Crippen molar-refractivity contribution >= 4 is 11.5 Å². The van der Waals surface area contributed by atoms with Gasteiger partial charge < -0.3 is 4.74 Å². The Kier molecular flexibility index (Phi) is 3.77. The number of aromatic amines is 1. The minimum atomic E-state index is 0.232. The third-order valence-corrected chi connectivity index (χ3v) is 2.31. The SMILES string of the molecule is CC#COc1n[nH]c(C)c1N=Nc1nn(C)cc1C#N. The number of nitrogens with zero attached hydrogens (tertiary/aromatic N) is 6. The molecule has 2 aromatic heterocycles. The molecule has 2 rings (SSSR count). The Labute approximate surface area is 115 Å². The molecular weight excluding hydrogens is 258 g/mol. The van der Waals surface area contributed by atoms with E-state index in [2.05, 4.69) is 37.6 Å². The van der Waals surface area contributed by atoms with E-state index < -0.39 is 0 Å². The van der Waals surface area contributed by atoms with Gasteiger partial charge in [0.1, 0.15) is 17.7 Å². The van der Waals surface area contributed by atoms with Crippen LogP contribution in [0.5, 0.6) is 5.88 Å². The van der Waals surface area contributed by atoms with E-state index in [1.807, 2.05) is 6.07 Å². The van der Waals surface area contributed by atoms with Crippen molar-refractivity contribution in [2.45, 2.75) is 13.8 Å². The molecule has 0 spiro atoms. The lowest BCUT2D eigenvalue weighted by atomic mass is 10.4. The Balaban J connectivity index is 2.33. The van der Waals surface area contributed by atoms with Gasteiger partial charge in [0, 0.05) is 20.2 Å². The first-order valence-corrected chi connectivity index (χ1v) is 5.64. The first kappa shape index (κ1) is 13.3. The molecule has 2 heterocycles. The third-order valence-electron chi connectivity index (χ3n) is 2.31. The summed E-state index contributed by atoms with van der Waals surface area (Å²) in [6.07, 6.45) is 4.00. The molecule has 0 bridgehead atoms. The summed E-state index contributed by atoms with van der Waals surface area (Å²) in [4.78, 5) is 0. The Morgan fingerprint density at radius 1 is 1.45 bits per heavy atom. The van der Waals surface area contributed by atoms with E-state index in [-0.39, 0.29) is 11.7 Å². The van der Waals surface area contributed by atoms with Crippen LogP contribution in [0.2, 0.25) is 0 Å². The number of nitriles is 1. The topological polar surface area (TPSA) is 104 Å². The molecule has 2 aromatic rings. The highest BCUT2D eigenvalue weighted by Gasteiger charge is 2.12. The fourth-order valence-corrected chi connectivity index (χ4v) is 1.42. The van der Waals surface area contributed by atoms with Crippen LogP contribution in [0.15, 0.2) is 16.4 Å². The van der Waals surface area contributed by atoms with Crippen molar-refractivity contribution in [3.05, 3.63) is 17.5 Å². The van der Waals surface area contributed by atoms with Crippen molar-refractivity contribution in [2.24, 2.45) is 17.3 Å². The molecular formula is C12H11N7O. The summed E-state index contributed by atoms with van der Waals surface area (Å²) in [6, 6.07) is 2.00. The van der Waals surface area contributed by atoms with E-state index in [1.165, 1.54) is 4.68 Å². The number of rotatable bonds is 3. The van der Waals surface area contributed by atoms with Gasteiger partial charge >= 0.3 is 0 Å². The highest BCUT2D eigenvalue weighted by molar-refractivity contribution is 5.52. The molecule has 20 heavy (non-hydrogen) atoms. The quantitative estimate of drug-likeness (QED) is 0.680. The van der Waals surface area contributed by atoms with Gasteiger partial charge in [0.15, 0.2) is 5.69 Å².